The zero-order valence-corrected chi connectivity index (χ0v) is 9.99. The third-order valence-electron chi connectivity index (χ3n) is 3.43. The van der Waals surface area contributed by atoms with Crippen molar-refractivity contribution in [3.63, 3.8) is 0 Å². The second-order valence-corrected chi connectivity index (χ2v) is 4.42. The number of amides is 1. The van der Waals surface area contributed by atoms with Crippen molar-refractivity contribution in [2.24, 2.45) is 5.41 Å². The van der Waals surface area contributed by atoms with E-state index in [1.165, 1.54) is 0 Å². The van der Waals surface area contributed by atoms with E-state index in [0.29, 0.717) is 12.4 Å². The molecule has 1 unspecified atom stereocenters. The summed E-state index contributed by atoms with van der Waals surface area (Å²) >= 11 is 0. The Morgan fingerprint density at radius 2 is 2.47 bits per heavy atom. The van der Waals surface area contributed by atoms with Crippen LogP contribution in [0.4, 0.5) is 0 Å². The molecule has 2 heterocycles. The lowest BCUT2D eigenvalue weighted by atomic mass is 9.77. The van der Waals surface area contributed by atoms with Gasteiger partial charge < -0.3 is 10.6 Å². The van der Waals surface area contributed by atoms with Gasteiger partial charge in [-0.05, 0) is 25.8 Å². The number of carbonyl (C=O) groups is 1. The summed E-state index contributed by atoms with van der Waals surface area (Å²) in [6, 6.07) is 0. The number of nitrogens with zero attached hydrogens (tertiary/aromatic N) is 3. The maximum Gasteiger partial charge on any atom is 0.227 e. The highest BCUT2D eigenvalue weighted by Crippen LogP contribution is 2.30. The number of hydrogen-bond acceptors (Lipinski definition) is 5. The van der Waals surface area contributed by atoms with Crippen molar-refractivity contribution in [3.05, 3.63) is 5.82 Å². The summed E-state index contributed by atoms with van der Waals surface area (Å²) in [5.74, 6) is 0.588. The Labute approximate surface area is 99.7 Å². The van der Waals surface area contributed by atoms with Crippen LogP contribution in [0.25, 0.3) is 0 Å². The Morgan fingerprint density at radius 1 is 1.59 bits per heavy atom. The van der Waals surface area contributed by atoms with Crippen LogP contribution in [0.5, 0.6) is 0 Å². The highest BCUT2D eigenvalue weighted by atomic mass is 16.2. The molecule has 1 amide bonds. The average molecular weight is 238 g/mol. The first-order valence-electron chi connectivity index (χ1n) is 5.98. The van der Waals surface area contributed by atoms with E-state index < -0.39 is 0 Å². The monoisotopic (exact) mass is 238 g/mol. The Hall–Kier alpha value is -1.50. The van der Waals surface area contributed by atoms with Crippen molar-refractivity contribution in [2.45, 2.75) is 32.7 Å². The van der Waals surface area contributed by atoms with Crippen LogP contribution in [0.15, 0.2) is 0 Å². The average Bonchev–Trinajstić information content (AvgIpc) is 2.90. The lowest BCUT2D eigenvalue weighted by molar-refractivity contribution is -0.132. The van der Waals surface area contributed by atoms with Gasteiger partial charge in [-0.15, -0.1) is 10.2 Å². The van der Waals surface area contributed by atoms with Crippen LogP contribution in [0.1, 0.15) is 32.0 Å². The fourth-order valence-corrected chi connectivity index (χ4v) is 2.23. The van der Waals surface area contributed by atoms with Crippen molar-refractivity contribution in [1.29, 1.82) is 0 Å². The van der Waals surface area contributed by atoms with E-state index in [4.69, 9.17) is 0 Å². The van der Waals surface area contributed by atoms with E-state index in [9.17, 15) is 4.79 Å². The number of hydrogen-bond donors (Lipinski definition) is 3. The van der Waals surface area contributed by atoms with Gasteiger partial charge in [0.2, 0.25) is 5.91 Å². The Kier molecular flexibility index (Phi) is 3.68. The van der Waals surface area contributed by atoms with Crippen LogP contribution < -0.4 is 10.6 Å². The summed E-state index contributed by atoms with van der Waals surface area (Å²) in [5, 5.41) is 19.6. The first-order chi connectivity index (χ1) is 8.27. The minimum absolute atomic E-state index is 0.0806. The molecule has 0 aliphatic carbocycles. The van der Waals surface area contributed by atoms with Gasteiger partial charge >= 0.3 is 0 Å². The van der Waals surface area contributed by atoms with Crippen molar-refractivity contribution in [1.82, 2.24) is 31.3 Å². The lowest BCUT2D eigenvalue weighted by Gasteiger charge is -2.35. The molecule has 1 saturated heterocycles. The molecular weight excluding hydrogens is 220 g/mol. The number of H-pyrrole nitrogens is 1. The van der Waals surface area contributed by atoms with Crippen molar-refractivity contribution >= 4 is 5.91 Å². The normalized spacial score (nSPS) is 24.5. The molecular formula is C10H18N6O. The van der Waals surface area contributed by atoms with Crippen LogP contribution in [0, 0.1) is 5.41 Å². The molecule has 1 aromatic heterocycles. The van der Waals surface area contributed by atoms with Gasteiger partial charge in [-0.2, -0.15) is 5.21 Å². The van der Waals surface area contributed by atoms with Gasteiger partial charge in [0.15, 0.2) is 5.82 Å². The second-order valence-electron chi connectivity index (χ2n) is 4.42. The quantitative estimate of drug-likeness (QED) is 0.663. The molecule has 0 spiro atoms. The minimum Gasteiger partial charge on any atom is -0.348 e. The first kappa shape index (κ1) is 12.0. The molecule has 0 bridgehead atoms. The van der Waals surface area contributed by atoms with Crippen molar-refractivity contribution in [3.8, 4) is 0 Å². The van der Waals surface area contributed by atoms with Crippen LogP contribution in [0.2, 0.25) is 0 Å². The van der Waals surface area contributed by atoms with Crippen LogP contribution in [0.3, 0.4) is 0 Å². The molecule has 17 heavy (non-hydrogen) atoms. The van der Waals surface area contributed by atoms with Gasteiger partial charge in [-0.3, -0.25) is 4.79 Å². The topological polar surface area (TPSA) is 95.6 Å². The van der Waals surface area contributed by atoms with E-state index in [0.717, 1.165) is 32.4 Å². The minimum atomic E-state index is -0.276. The molecule has 7 heteroatoms. The van der Waals surface area contributed by atoms with Gasteiger partial charge in [-0.1, -0.05) is 12.1 Å². The Bertz CT molecular complexity index is 357. The summed E-state index contributed by atoms with van der Waals surface area (Å²) in [5.41, 5.74) is -0.276. The molecule has 1 fully saturated rings. The molecule has 1 atom stereocenters. The number of aromatic nitrogens is 4. The maximum atomic E-state index is 12.2. The van der Waals surface area contributed by atoms with Gasteiger partial charge in [0.1, 0.15) is 0 Å². The molecule has 0 radical (unpaired) electrons. The smallest absolute Gasteiger partial charge is 0.227 e. The summed E-state index contributed by atoms with van der Waals surface area (Å²) in [6.07, 6.45) is 2.83. The van der Waals surface area contributed by atoms with E-state index in [1.54, 1.807) is 0 Å². The highest BCUT2D eigenvalue weighted by molar-refractivity contribution is 5.82. The molecule has 3 N–H and O–H groups in total. The van der Waals surface area contributed by atoms with Gasteiger partial charge in [0, 0.05) is 6.54 Å². The predicted molar refractivity (Wildman–Crippen MR) is 60.9 cm³/mol. The number of nitrogens with one attached hydrogen (secondary N) is 3. The van der Waals surface area contributed by atoms with E-state index >= 15 is 0 Å². The lowest BCUT2D eigenvalue weighted by Crippen LogP contribution is -2.50. The van der Waals surface area contributed by atoms with Gasteiger partial charge in [-0.25, -0.2) is 0 Å². The maximum absolute atomic E-state index is 12.2. The molecule has 0 aromatic carbocycles. The third-order valence-corrected chi connectivity index (χ3v) is 3.43. The van der Waals surface area contributed by atoms with Gasteiger partial charge in [0.05, 0.1) is 12.0 Å². The third kappa shape index (κ3) is 2.60. The summed E-state index contributed by atoms with van der Waals surface area (Å²) in [6.45, 7) is 4.14. The summed E-state index contributed by atoms with van der Waals surface area (Å²) < 4.78 is 0. The molecule has 2 rings (SSSR count). The number of piperidine rings is 1. The van der Waals surface area contributed by atoms with Crippen molar-refractivity contribution in [2.75, 3.05) is 13.1 Å². The molecule has 94 valence electrons. The zero-order chi connectivity index (χ0) is 12.1. The number of tetrazole rings is 1. The number of carbonyl (C=O) groups excluding carboxylic acids is 1. The predicted octanol–water partition coefficient (Wildman–Crippen LogP) is -0.404. The number of aromatic amines is 1. The summed E-state index contributed by atoms with van der Waals surface area (Å²) in [4.78, 5) is 12.2. The molecule has 1 aromatic rings. The summed E-state index contributed by atoms with van der Waals surface area (Å²) in [7, 11) is 0. The number of rotatable bonds is 4. The van der Waals surface area contributed by atoms with Crippen LogP contribution >= 0.6 is 0 Å². The van der Waals surface area contributed by atoms with Crippen molar-refractivity contribution < 1.29 is 4.79 Å². The largest absolute Gasteiger partial charge is 0.348 e. The zero-order valence-electron chi connectivity index (χ0n) is 9.99. The van der Waals surface area contributed by atoms with Crippen LogP contribution in [-0.4, -0.2) is 39.6 Å². The SMILES string of the molecule is CCC1(C(=O)NCc2nn[nH]n2)CCCNC1. The molecule has 0 saturated carbocycles. The standard InChI is InChI=1S/C10H18N6O/c1-2-10(4-3-5-11-7-10)9(17)12-6-8-13-15-16-14-8/h11H,2-7H2,1H3,(H,12,17)(H,13,14,15,16). The first-order valence-corrected chi connectivity index (χ1v) is 5.98. The van der Waals surface area contributed by atoms with Gasteiger partial charge in [0.25, 0.3) is 0 Å². The van der Waals surface area contributed by atoms with E-state index in [1.807, 2.05) is 0 Å². The Morgan fingerprint density at radius 3 is 3.06 bits per heavy atom. The highest BCUT2D eigenvalue weighted by Gasteiger charge is 2.37. The molecule has 1 aliphatic rings. The van der Waals surface area contributed by atoms with Crippen LogP contribution in [-0.2, 0) is 11.3 Å². The fourth-order valence-electron chi connectivity index (χ4n) is 2.23. The van der Waals surface area contributed by atoms with E-state index in [2.05, 4.69) is 38.2 Å². The fraction of sp³-hybridized carbons (Fsp3) is 0.800. The van der Waals surface area contributed by atoms with E-state index in [-0.39, 0.29) is 11.3 Å². The molecule has 7 nitrogen and oxygen atoms in total. The molecule has 1 aliphatic heterocycles. The second kappa shape index (κ2) is 5.22. The Balaban J connectivity index is 1.93.